The summed E-state index contributed by atoms with van der Waals surface area (Å²) in [4.78, 5) is 22.5. The Hall–Kier alpha value is -2.28. The van der Waals surface area contributed by atoms with Gasteiger partial charge in [-0.05, 0) is 33.2 Å². The molecule has 134 valence electrons. The molecule has 7 nitrogen and oxygen atoms in total. The molecule has 0 bridgehead atoms. The maximum Gasteiger partial charge on any atom is 0.316 e. The minimum Gasteiger partial charge on any atom is -0.467 e. The number of methoxy groups -OCH3 is 1. The van der Waals surface area contributed by atoms with Gasteiger partial charge in [0.2, 0.25) is 0 Å². The predicted octanol–water partition coefficient (Wildman–Crippen LogP) is 2.16. The van der Waals surface area contributed by atoms with Gasteiger partial charge in [0.15, 0.2) is 5.82 Å². The van der Waals surface area contributed by atoms with Crippen LogP contribution in [-0.4, -0.2) is 52.6 Å². The average Bonchev–Trinajstić information content (AvgIpc) is 2.97. The highest BCUT2D eigenvalue weighted by molar-refractivity contribution is 5.38. The molecule has 7 heteroatoms. The SMILES string of the molecule is COc1ncc(CN2CCC[C@]2(C)c2nc(C)cc(N(C)C)n2)cn1. The summed E-state index contributed by atoms with van der Waals surface area (Å²) in [6, 6.07) is 2.41. The van der Waals surface area contributed by atoms with Crippen LogP contribution in [0.15, 0.2) is 18.5 Å². The minimum atomic E-state index is -0.184. The van der Waals surface area contributed by atoms with E-state index >= 15 is 0 Å². The first-order chi connectivity index (χ1) is 11.9. The lowest BCUT2D eigenvalue weighted by molar-refractivity contribution is 0.137. The van der Waals surface area contributed by atoms with E-state index in [2.05, 4.69) is 21.8 Å². The first kappa shape index (κ1) is 17.5. The topological polar surface area (TPSA) is 67.3 Å². The first-order valence-corrected chi connectivity index (χ1v) is 8.56. The second-order valence-electron chi connectivity index (χ2n) is 6.96. The Balaban J connectivity index is 1.88. The van der Waals surface area contributed by atoms with Gasteiger partial charge in [-0.25, -0.2) is 19.9 Å². The lowest BCUT2D eigenvalue weighted by atomic mass is 9.97. The van der Waals surface area contributed by atoms with Crippen LogP contribution in [0.3, 0.4) is 0 Å². The van der Waals surface area contributed by atoms with Crippen molar-refractivity contribution in [3.05, 3.63) is 35.5 Å². The highest BCUT2D eigenvalue weighted by Crippen LogP contribution is 2.38. The third-order valence-electron chi connectivity index (χ3n) is 4.81. The number of anilines is 1. The molecule has 0 saturated carbocycles. The zero-order valence-corrected chi connectivity index (χ0v) is 15.7. The van der Waals surface area contributed by atoms with Gasteiger partial charge in [0.25, 0.3) is 0 Å². The molecule has 0 N–H and O–H groups in total. The monoisotopic (exact) mass is 342 g/mol. The predicted molar refractivity (Wildman–Crippen MR) is 96.7 cm³/mol. The maximum absolute atomic E-state index is 5.04. The summed E-state index contributed by atoms with van der Waals surface area (Å²) in [6.07, 6.45) is 5.82. The lowest BCUT2D eigenvalue weighted by Gasteiger charge is -2.34. The van der Waals surface area contributed by atoms with E-state index in [0.29, 0.717) is 6.01 Å². The van der Waals surface area contributed by atoms with E-state index in [0.717, 1.165) is 48.8 Å². The number of rotatable bonds is 5. The zero-order chi connectivity index (χ0) is 18.0. The third-order valence-corrected chi connectivity index (χ3v) is 4.81. The van der Waals surface area contributed by atoms with Crippen molar-refractivity contribution in [2.75, 3.05) is 32.6 Å². The van der Waals surface area contributed by atoms with Crippen LogP contribution < -0.4 is 9.64 Å². The summed E-state index contributed by atoms with van der Waals surface area (Å²) in [5.41, 5.74) is 1.88. The molecule has 1 aliphatic heterocycles. The van der Waals surface area contributed by atoms with E-state index in [4.69, 9.17) is 14.7 Å². The average molecular weight is 342 g/mol. The second-order valence-corrected chi connectivity index (χ2v) is 6.96. The van der Waals surface area contributed by atoms with E-state index < -0.39 is 0 Å². The number of hydrogen-bond acceptors (Lipinski definition) is 7. The Morgan fingerprint density at radius 2 is 1.96 bits per heavy atom. The normalized spacial score (nSPS) is 20.7. The zero-order valence-electron chi connectivity index (χ0n) is 15.7. The second kappa shape index (κ2) is 6.92. The number of hydrogen-bond donors (Lipinski definition) is 0. The van der Waals surface area contributed by atoms with Crippen molar-refractivity contribution in [3.8, 4) is 6.01 Å². The Bertz CT molecular complexity index is 733. The molecule has 1 atom stereocenters. The van der Waals surface area contributed by atoms with Crippen LogP contribution in [0.5, 0.6) is 6.01 Å². The van der Waals surface area contributed by atoms with Crippen LogP contribution in [0.25, 0.3) is 0 Å². The molecule has 1 fully saturated rings. The fraction of sp³-hybridized carbons (Fsp3) is 0.556. The number of nitrogens with zero attached hydrogens (tertiary/aromatic N) is 6. The molecule has 1 aliphatic rings. The molecule has 2 aromatic heterocycles. The van der Waals surface area contributed by atoms with Crippen LogP contribution in [0.2, 0.25) is 0 Å². The van der Waals surface area contributed by atoms with Gasteiger partial charge in [0, 0.05) is 50.4 Å². The van der Waals surface area contributed by atoms with E-state index in [9.17, 15) is 0 Å². The van der Waals surface area contributed by atoms with Gasteiger partial charge < -0.3 is 9.64 Å². The highest BCUT2D eigenvalue weighted by Gasteiger charge is 2.41. The summed E-state index contributed by atoms with van der Waals surface area (Å²) >= 11 is 0. The Kier molecular flexibility index (Phi) is 4.85. The maximum atomic E-state index is 5.04. The molecule has 0 aliphatic carbocycles. The van der Waals surface area contributed by atoms with Gasteiger partial charge in [0.1, 0.15) is 5.82 Å². The van der Waals surface area contributed by atoms with Crippen LogP contribution in [0, 0.1) is 6.92 Å². The molecule has 0 radical (unpaired) electrons. The molecule has 25 heavy (non-hydrogen) atoms. The fourth-order valence-electron chi connectivity index (χ4n) is 3.30. The molecule has 0 unspecified atom stereocenters. The first-order valence-electron chi connectivity index (χ1n) is 8.56. The Morgan fingerprint density at radius 3 is 2.60 bits per heavy atom. The number of aryl methyl sites for hydroxylation is 1. The van der Waals surface area contributed by atoms with Gasteiger partial charge in [-0.2, -0.15) is 0 Å². The summed E-state index contributed by atoms with van der Waals surface area (Å²) < 4.78 is 5.04. The quantitative estimate of drug-likeness (QED) is 0.825. The van der Waals surface area contributed by atoms with Gasteiger partial charge >= 0.3 is 6.01 Å². The van der Waals surface area contributed by atoms with E-state index in [1.54, 1.807) is 7.11 Å². The van der Waals surface area contributed by atoms with Crippen LogP contribution in [-0.2, 0) is 12.1 Å². The number of ether oxygens (including phenoxy) is 1. The van der Waals surface area contributed by atoms with Gasteiger partial charge in [0.05, 0.1) is 12.6 Å². The molecule has 3 rings (SSSR count). The van der Waals surface area contributed by atoms with Crippen molar-refractivity contribution >= 4 is 5.82 Å². The van der Waals surface area contributed by atoms with Crippen molar-refractivity contribution in [2.45, 2.75) is 38.8 Å². The van der Waals surface area contributed by atoms with Crippen molar-refractivity contribution < 1.29 is 4.74 Å². The van der Waals surface area contributed by atoms with Crippen LogP contribution >= 0.6 is 0 Å². The summed E-state index contributed by atoms with van der Waals surface area (Å²) in [6.45, 7) is 6.04. The van der Waals surface area contributed by atoms with Crippen LogP contribution in [0.1, 0.15) is 36.8 Å². The summed E-state index contributed by atoms with van der Waals surface area (Å²) in [7, 11) is 5.59. The van der Waals surface area contributed by atoms with Gasteiger partial charge in [-0.1, -0.05) is 0 Å². The van der Waals surface area contributed by atoms with E-state index in [1.807, 2.05) is 44.4 Å². The lowest BCUT2D eigenvalue weighted by Crippen LogP contribution is -2.40. The van der Waals surface area contributed by atoms with Crippen molar-refractivity contribution in [1.82, 2.24) is 24.8 Å². The molecular formula is C18H26N6O. The van der Waals surface area contributed by atoms with Crippen LogP contribution in [0.4, 0.5) is 5.82 Å². The Labute approximate surface area is 149 Å². The smallest absolute Gasteiger partial charge is 0.316 e. The molecule has 0 aromatic carbocycles. The third kappa shape index (κ3) is 3.56. The number of likely N-dealkylation sites (tertiary alicyclic amines) is 1. The van der Waals surface area contributed by atoms with Crippen molar-refractivity contribution in [1.29, 1.82) is 0 Å². The molecule has 1 saturated heterocycles. The van der Waals surface area contributed by atoms with Gasteiger partial charge in [-0.3, -0.25) is 4.90 Å². The number of aromatic nitrogens is 4. The Morgan fingerprint density at radius 1 is 1.24 bits per heavy atom. The molecule has 0 spiro atoms. The highest BCUT2D eigenvalue weighted by atomic mass is 16.5. The molecule has 0 amide bonds. The van der Waals surface area contributed by atoms with Crippen molar-refractivity contribution in [3.63, 3.8) is 0 Å². The molecule has 3 heterocycles. The minimum absolute atomic E-state index is 0.184. The van der Waals surface area contributed by atoms with Crippen molar-refractivity contribution in [2.24, 2.45) is 0 Å². The molecular weight excluding hydrogens is 316 g/mol. The van der Waals surface area contributed by atoms with Gasteiger partial charge in [-0.15, -0.1) is 0 Å². The van der Waals surface area contributed by atoms with E-state index in [1.165, 1.54) is 0 Å². The van der Waals surface area contributed by atoms with E-state index in [-0.39, 0.29) is 5.54 Å². The summed E-state index contributed by atoms with van der Waals surface area (Å²) in [5, 5.41) is 0. The standard InChI is InChI=1S/C18H26N6O/c1-13-9-15(23(3)4)22-16(21-13)18(2)7-6-8-24(18)12-14-10-19-17(25-5)20-11-14/h9-11H,6-8,12H2,1-5H3/t18-/m1/s1. The summed E-state index contributed by atoms with van der Waals surface area (Å²) in [5.74, 6) is 1.84. The fourth-order valence-corrected chi connectivity index (χ4v) is 3.30. The largest absolute Gasteiger partial charge is 0.467 e. The molecule has 2 aromatic rings.